The molecule has 3 nitrogen and oxygen atoms in total. The third-order valence-electron chi connectivity index (χ3n) is 3.71. The van der Waals surface area contributed by atoms with Crippen LogP contribution < -0.4 is 0 Å². The van der Waals surface area contributed by atoms with Crippen molar-refractivity contribution in [1.82, 2.24) is 0 Å². The fourth-order valence-corrected chi connectivity index (χ4v) is 2.49. The minimum atomic E-state index is -6.28. The van der Waals surface area contributed by atoms with Crippen molar-refractivity contribution in [2.24, 2.45) is 0 Å². The van der Waals surface area contributed by atoms with Crippen molar-refractivity contribution in [1.29, 1.82) is 5.26 Å². The molecule has 142 valence electrons. The van der Waals surface area contributed by atoms with E-state index in [1.807, 2.05) is 0 Å². The predicted molar refractivity (Wildman–Crippen MR) is 64.0 cm³/mol. The summed E-state index contributed by atoms with van der Waals surface area (Å²) in [5, 5.41) is 8.81. The minimum Gasteiger partial charge on any atom is -0.465 e. The number of carbonyl (C=O) groups excluding carboxylic acids is 1. The maximum atomic E-state index is 14.3. The van der Waals surface area contributed by atoms with Gasteiger partial charge in [-0.15, -0.1) is 0 Å². The number of ether oxygens (including phenoxy) is 1. The Kier molecular flexibility index (Phi) is 4.42. The van der Waals surface area contributed by atoms with Gasteiger partial charge in [0.1, 0.15) is 5.82 Å². The molecule has 0 spiro atoms. The molecule has 0 fully saturated rings. The number of halogens is 9. The van der Waals surface area contributed by atoms with E-state index in [1.54, 1.807) is 0 Å². The van der Waals surface area contributed by atoms with Crippen LogP contribution in [0.1, 0.15) is 29.5 Å². The molecule has 0 saturated carbocycles. The Morgan fingerprint density at radius 2 is 1.46 bits per heavy atom. The molecular weight excluding hydrogens is 385 g/mol. The van der Waals surface area contributed by atoms with Gasteiger partial charge >= 0.3 is 23.7 Å². The molecule has 0 heterocycles. The molecule has 12 heteroatoms. The highest BCUT2D eigenvalue weighted by Crippen LogP contribution is 2.64. The average Bonchev–Trinajstić information content (AvgIpc) is 2.64. The van der Waals surface area contributed by atoms with E-state index in [0.717, 1.165) is 6.07 Å². The zero-order valence-electron chi connectivity index (χ0n) is 12.4. The van der Waals surface area contributed by atoms with Gasteiger partial charge in [-0.2, -0.15) is 31.6 Å². The molecule has 1 aromatic carbocycles. The van der Waals surface area contributed by atoms with Crippen LogP contribution in [0.25, 0.3) is 0 Å². The smallest absolute Gasteiger partial charge is 0.380 e. The quantitative estimate of drug-likeness (QED) is 0.443. The van der Waals surface area contributed by atoms with Gasteiger partial charge in [0.05, 0.1) is 29.4 Å². The molecule has 0 aromatic heterocycles. The van der Waals surface area contributed by atoms with E-state index < -0.39 is 70.4 Å². The van der Waals surface area contributed by atoms with E-state index in [9.17, 15) is 44.3 Å². The molecule has 0 aliphatic heterocycles. The number of hydrogen-bond acceptors (Lipinski definition) is 3. The van der Waals surface area contributed by atoms with Crippen LogP contribution in [0, 0.1) is 28.8 Å². The third kappa shape index (κ3) is 2.18. The Bertz CT molecular complexity index is 829. The Morgan fingerprint density at radius 3 is 1.88 bits per heavy atom. The molecule has 0 bridgehead atoms. The van der Waals surface area contributed by atoms with Crippen LogP contribution in [0.4, 0.5) is 39.5 Å². The Morgan fingerprint density at radius 1 is 1.00 bits per heavy atom. The van der Waals surface area contributed by atoms with Crippen LogP contribution >= 0.6 is 0 Å². The minimum absolute atomic E-state index is 0.444. The SMILES string of the molecule is CCOC(=O)C(C#N)c1c(F)c(F)c2c(c1F)C(F)(F)C(F)(F)C2(F)F. The zero-order valence-corrected chi connectivity index (χ0v) is 12.4. The zero-order chi connectivity index (χ0) is 20.2. The summed E-state index contributed by atoms with van der Waals surface area (Å²) in [5.74, 6) is -30.9. The first kappa shape index (κ1) is 19.9. The van der Waals surface area contributed by atoms with Gasteiger partial charge in [-0.1, -0.05) is 0 Å². The number of nitriles is 1. The van der Waals surface area contributed by atoms with E-state index in [0.29, 0.717) is 0 Å². The maximum Gasteiger partial charge on any atom is 0.380 e. The average molecular weight is 391 g/mol. The molecular formula is C14H6F9NO2. The van der Waals surface area contributed by atoms with E-state index in [1.165, 1.54) is 6.92 Å². The number of carbonyl (C=O) groups is 1. The molecule has 1 aromatic rings. The van der Waals surface area contributed by atoms with Gasteiger partial charge in [-0.25, -0.2) is 13.2 Å². The fourth-order valence-electron chi connectivity index (χ4n) is 2.49. The predicted octanol–water partition coefficient (Wildman–Crippen LogP) is 4.11. The molecule has 26 heavy (non-hydrogen) atoms. The Labute approximate surface area is 139 Å². The molecule has 0 radical (unpaired) electrons. The van der Waals surface area contributed by atoms with Crippen molar-refractivity contribution in [3.63, 3.8) is 0 Å². The molecule has 0 amide bonds. The van der Waals surface area contributed by atoms with E-state index in [4.69, 9.17) is 5.26 Å². The van der Waals surface area contributed by atoms with Crippen molar-refractivity contribution < 1.29 is 49.0 Å². The molecule has 1 aliphatic carbocycles. The van der Waals surface area contributed by atoms with Gasteiger partial charge in [0.2, 0.25) is 0 Å². The Balaban J connectivity index is 2.92. The second kappa shape index (κ2) is 5.78. The first-order valence-corrected chi connectivity index (χ1v) is 6.69. The summed E-state index contributed by atoms with van der Waals surface area (Å²) in [7, 11) is 0. The summed E-state index contributed by atoms with van der Waals surface area (Å²) in [6.45, 7) is 0.748. The van der Waals surface area contributed by atoms with Crippen molar-refractivity contribution in [3.05, 3.63) is 34.1 Å². The summed E-state index contributed by atoms with van der Waals surface area (Å²) in [4.78, 5) is 11.5. The van der Waals surface area contributed by atoms with E-state index in [2.05, 4.69) is 4.74 Å². The molecule has 1 unspecified atom stereocenters. The van der Waals surface area contributed by atoms with Gasteiger partial charge in [0.15, 0.2) is 17.6 Å². The van der Waals surface area contributed by atoms with Crippen LogP contribution in [0.2, 0.25) is 0 Å². The number of benzene rings is 1. The summed E-state index contributed by atoms with van der Waals surface area (Å²) < 4.78 is 128. The number of rotatable bonds is 3. The lowest BCUT2D eigenvalue weighted by atomic mass is 9.93. The number of nitrogens with zero attached hydrogens (tertiary/aromatic N) is 1. The van der Waals surface area contributed by atoms with Crippen LogP contribution in [0.5, 0.6) is 0 Å². The number of fused-ring (bicyclic) bond motifs is 1. The lowest BCUT2D eigenvalue weighted by Crippen LogP contribution is -2.43. The first-order chi connectivity index (χ1) is 11.8. The van der Waals surface area contributed by atoms with Crippen molar-refractivity contribution in [3.8, 4) is 6.07 Å². The van der Waals surface area contributed by atoms with E-state index >= 15 is 0 Å². The second-order valence-corrected chi connectivity index (χ2v) is 5.14. The molecule has 0 N–H and O–H groups in total. The lowest BCUT2D eigenvalue weighted by molar-refractivity contribution is -0.303. The third-order valence-corrected chi connectivity index (χ3v) is 3.71. The molecule has 2 rings (SSSR count). The highest BCUT2D eigenvalue weighted by Gasteiger charge is 2.81. The van der Waals surface area contributed by atoms with Crippen molar-refractivity contribution in [2.75, 3.05) is 6.61 Å². The monoisotopic (exact) mass is 391 g/mol. The van der Waals surface area contributed by atoms with Gasteiger partial charge < -0.3 is 4.74 Å². The lowest BCUT2D eigenvalue weighted by Gasteiger charge is -2.23. The normalized spacial score (nSPS) is 20.2. The summed E-state index contributed by atoms with van der Waals surface area (Å²) in [6, 6.07) is 0.931. The summed E-state index contributed by atoms with van der Waals surface area (Å²) in [5.41, 5.74) is -7.70. The van der Waals surface area contributed by atoms with Gasteiger partial charge in [-0.3, -0.25) is 4.79 Å². The fraction of sp³-hybridized carbons (Fsp3) is 0.429. The standard InChI is InChI=1S/C14H6F9NO2/c1-2-26-11(25)4(3-24)5-8(15)6-7(10(17)9(5)16)13(20,21)14(22,23)12(6,18)19/h4H,2H2,1H3. The van der Waals surface area contributed by atoms with E-state index in [-0.39, 0.29) is 0 Å². The summed E-state index contributed by atoms with van der Waals surface area (Å²) in [6.07, 6.45) is 0. The summed E-state index contributed by atoms with van der Waals surface area (Å²) >= 11 is 0. The van der Waals surface area contributed by atoms with Gasteiger partial charge in [-0.05, 0) is 6.92 Å². The number of hydrogen-bond donors (Lipinski definition) is 0. The second-order valence-electron chi connectivity index (χ2n) is 5.14. The van der Waals surface area contributed by atoms with Gasteiger partial charge in [0, 0.05) is 0 Å². The van der Waals surface area contributed by atoms with Crippen LogP contribution in [0.3, 0.4) is 0 Å². The molecule has 0 saturated heterocycles. The van der Waals surface area contributed by atoms with Crippen LogP contribution in [-0.4, -0.2) is 18.5 Å². The maximum absolute atomic E-state index is 14.3. The topological polar surface area (TPSA) is 50.1 Å². The number of alkyl halides is 6. The van der Waals surface area contributed by atoms with Crippen LogP contribution in [0.15, 0.2) is 0 Å². The van der Waals surface area contributed by atoms with Crippen molar-refractivity contribution >= 4 is 5.97 Å². The Hall–Kier alpha value is -2.45. The highest BCUT2D eigenvalue weighted by atomic mass is 19.3. The van der Waals surface area contributed by atoms with Gasteiger partial charge in [0.25, 0.3) is 0 Å². The number of esters is 1. The van der Waals surface area contributed by atoms with Crippen LogP contribution in [-0.2, 0) is 21.4 Å². The largest absolute Gasteiger partial charge is 0.465 e. The highest BCUT2D eigenvalue weighted by molar-refractivity contribution is 5.81. The molecule has 1 atom stereocenters. The molecule has 1 aliphatic rings. The van der Waals surface area contributed by atoms with Crippen molar-refractivity contribution in [2.45, 2.75) is 30.6 Å². The first-order valence-electron chi connectivity index (χ1n) is 6.69.